The van der Waals surface area contributed by atoms with E-state index in [0.717, 1.165) is 35.1 Å². The molecule has 168 valence electrons. The fraction of sp³-hybridized carbons (Fsp3) is 0.280. The first-order valence-corrected chi connectivity index (χ1v) is 10.4. The number of aryl methyl sites for hydroxylation is 1. The van der Waals surface area contributed by atoms with Gasteiger partial charge in [0.15, 0.2) is 0 Å². The first-order chi connectivity index (χ1) is 15.4. The maximum Gasteiger partial charge on any atom is 0.280 e. The molecule has 0 aromatic heterocycles. The van der Waals surface area contributed by atoms with Crippen molar-refractivity contribution in [1.29, 1.82) is 10.8 Å². The number of nitrogens with zero attached hydrogens (tertiary/aromatic N) is 1. The molecule has 0 radical (unpaired) electrons. The zero-order chi connectivity index (χ0) is 23.5. The minimum Gasteiger partial charge on any atom is -0.497 e. The van der Waals surface area contributed by atoms with Crippen LogP contribution in [-0.2, 0) is 17.8 Å². The number of nitrogens with two attached hydrogens (primary N) is 1. The normalized spacial score (nSPS) is 13.2. The van der Waals surface area contributed by atoms with Gasteiger partial charge in [0.2, 0.25) is 0 Å². The highest BCUT2D eigenvalue weighted by molar-refractivity contribution is 6.17. The first-order valence-electron chi connectivity index (χ1n) is 10.4. The zero-order valence-corrected chi connectivity index (χ0v) is 18.8. The van der Waals surface area contributed by atoms with Gasteiger partial charge in [-0.25, -0.2) is 0 Å². The van der Waals surface area contributed by atoms with Crippen molar-refractivity contribution < 1.29 is 9.53 Å². The molecule has 5 N–H and O–H groups in total. The smallest absolute Gasteiger partial charge is 0.280 e. The van der Waals surface area contributed by atoms with Gasteiger partial charge in [0, 0.05) is 30.6 Å². The number of aliphatic imine (C=N–C) groups is 1. The number of amidine groups is 1. The molecular formula is C25H31N5O2. The summed E-state index contributed by atoms with van der Waals surface area (Å²) in [6, 6.07) is 15.2. The lowest BCUT2D eigenvalue weighted by atomic mass is 10.0. The van der Waals surface area contributed by atoms with E-state index in [-0.39, 0.29) is 17.5 Å². The van der Waals surface area contributed by atoms with E-state index in [9.17, 15) is 4.79 Å². The lowest BCUT2D eigenvalue weighted by molar-refractivity contribution is -0.113. The lowest BCUT2D eigenvalue weighted by Crippen LogP contribution is -2.26. The highest BCUT2D eigenvalue weighted by Crippen LogP contribution is 2.17. The van der Waals surface area contributed by atoms with E-state index in [0.29, 0.717) is 18.5 Å². The molecule has 2 aromatic rings. The predicted molar refractivity (Wildman–Crippen MR) is 130 cm³/mol. The highest BCUT2D eigenvalue weighted by atomic mass is 16.5. The maximum absolute atomic E-state index is 12.7. The van der Waals surface area contributed by atoms with Crippen molar-refractivity contribution in [3.63, 3.8) is 0 Å². The Morgan fingerprint density at radius 2 is 1.91 bits per heavy atom. The van der Waals surface area contributed by atoms with E-state index >= 15 is 0 Å². The van der Waals surface area contributed by atoms with Crippen LogP contribution in [0.5, 0.6) is 5.75 Å². The molecule has 0 bridgehead atoms. The van der Waals surface area contributed by atoms with Crippen molar-refractivity contribution in [2.24, 2.45) is 10.7 Å². The molecule has 2 rings (SSSR count). The van der Waals surface area contributed by atoms with Gasteiger partial charge >= 0.3 is 0 Å². The van der Waals surface area contributed by atoms with Crippen LogP contribution in [0.1, 0.15) is 37.0 Å². The molecule has 1 atom stereocenters. The van der Waals surface area contributed by atoms with Crippen LogP contribution in [0.3, 0.4) is 0 Å². The third kappa shape index (κ3) is 7.28. The summed E-state index contributed by atoms with van der Waals surface area (Å²) in [5, 5.41) is 18.2. The minimum absolute atomic E-state index is 0.0357. The Morgan fingerprint density at radius 3 is 2.59 bits per heavy atom. The fourth-order valence-electron chi connectivity index (χ4n) is 3.07. The average molecular weight is 434 g/mol. The summed E-state index contributed by atoms with van der Waals surface area (Å²) in [4.78, 5) is 16.8. The average Bonchev–Trinajstić information content (AvgIpc) is 2.81. The summed E-state index contributed by atoms with van der Waals surface area (Å²) in [6.45, 7) is 4.30. The van der Waals surface area contributed by atoms with Crippen LogP contribution >= 0.6 is 0 Å². The molecule has 1 unspecified atom stereocenters. The Kier molecular flexibility index (Phi) is 9.50. The summed E-state index contributed by atoms with van der Waals surface area (Å²) in [7, 11) is 1.63. The molecule has 1 amide bonds. The molecule has 0 aliphatic heterocycles. The van der Waals surface area contributed by atoms with Crippen molar-refractivity contribution in [3.05, 3.63) is 76.4 Å². The molecule has 0 aliphatic rings. The lowest BCUT2D eigenvalue weighted by Gasteiger charge is -2.10. The number of hydrogen-bond donors (Lipinski definition) is 4. The maximum atomic E-state index is 12.7. The van der Waals surface area contributed by atoms with Crippen molar-refractivity contribution in [1.82, 2.24) is 5.32 Å². The standard InChI is InChI=1S/C25H31N5O2/c1-17(10-11-19-6-5-9-22(13-19)32-3)23(15-27)25(31)30-24(28)21-8-4-7-20(12-21)16-29-18(2)14-26/h4-9,12-15,18,26-27,29H,10-11,16H2,1-3H3,(H2,28,30,31)/b23-17-,26-14?,27-15?. The van der Waals surface area contributed by atoms with Gasteiger partial charge in [0.05, 0.1) is 12.7 Å². The second kappa shape index (κ2) is 12.3. The van der Waals surface area contributed by atoms with Crippen molar-refractivity contribution >= 4 is 24.2 Å². The van der Waals surface area contributed by atoms with Gasteiger partial charge in [0.25, 0.3) is 5.91 Å². The second-order valence-electron chi connectivity index (χ2n) is 7.53. The van der Waals surface area contributed by atoms with Crippen molar-refractivity contribution in [2.75, 3.05) is 7.11 Å². The quantitative estimate of drug-likeness (QED) is 0.245. The number of amides is 1. The molecule has 7 heteroatoms. The largest absolute Gasteiger partial charge is 0.497 e. The van der Waals surface area contributed by atoms with Crippen LogP contribution in [0.2, 0.25) is 0 Å². The molecule has 0 saturated heterocycles. The number of nitrogens with one attached hydrogen (secondary N) is 3. The number of hydrogen-bond acceptors (Lipinski definition) is 5. The van der Waals surface area contributed by atoms with Gasteiger partial charge in [0.1, 0.15) is 11.6 Å². The third-order valence-electron chi connectivity index (χ3n) is 5.08. The number of benzene rings is 2. The Bertz CT molecular complexity index is 1030. The Morgan fingerprint density at radius 1 is 1.19 bits per heavy atom. The minimum atomic E-state index is -0.526. The highest BCUT2D eigenvalue weighted by Gasteiger charge is 2.12. The molecular weight excluding hydrogens is 402 g/mol. The molecule has 32 heavy (non-hydrogen) atoms. The SMILES string of the molecule is COc1cccc(CC/C(C)=C(/C=N)C(=O)N=C(N)c2cccc(CNC(C)C=N)c2)c1. The van der Waals surface area contributed by atoms with E-state index in [2.05, 4.69) is 10.3 Å². The summed E-state index contributed by atoms with van der Waals surface area (Å²) in [5.74, 6) is 0.369. The fourth-order valence-corrected chi connectivity index (χ4v) is 3.07. The summed E-state index contributed by atoms with van der Waals surface area (Å²) < 4.78 is 5.25. The molecule has 0 saturated carbocycles. The first kappa shape index (κ1) is 24.7. The van der Waals surface area contributed by atoms with Crippen LogP contribution in [0.25, 0.3) is 0 Å². The van der Waals surface area contributed by atoms with Gasteiger partial charge in [-0.05, 0) is 56.0 Å². The number of methoxy groups -OCH3 is 1. The van der Waals surface area contributed by atoms with Crippen LogP contribution in [-0.4, -0.2) is 37.3 Å². The molecule has 0 spiro atoms. The predicted octanol–water partition coefficient (Wildman–Crippen LogP) is 3.65. The summed E-state index contributed by atoms with van der Waals surface area (Å²) in [6.07, 6.45) is 3.71. The van der Waals surface area contributed by atoms with E-state index < -0.39 is 5.91 Å². The van der Waals surface area contributed by atoms with E-state index in [1.807, 2.05) is 56.3 Å². The van der Waals surface area contributed by atoms with Crippen LogP contribution in [0.4, 0.5) is 0 Å². The topological polar surface area (TPSA) is 124 Å². The number of carbonyl (C=O) groups excluding carboxylic acids is 1. The number of allylic oxidation sites excluding steroid dienone is 1. The molecule has 0 fully saturated rings. The van der Waals surface area contributed by atoms with Crippen molar-refractivity contribution in [3.8, 4) is 5.75 Å². The van der Waals surface area contributed by atoms with Gasteiger partial charge in [-0.2, -0.15) is 4.99 Å². The monoisotopic (exact) mass is 433 g/mol. The number of carbonyl (C=O) groups is 1. The van der Waals surface area contributed by atoms with Crippen molar-refractivity contribution in [2.45, 2.75) is 39.3 Å². The number of rotatable bonds is 11. The zero-order valence-electron chi connectivity index (χ0n) is 18.8. The van der Waals surface area contributed by atoms with E-state index in [4.69, 9.17) is 21.3 Å². The number of ether oxygens (including phenoxy) is 1. The van der Waals surface area contributed by atoms with Gasteiger partial charge in [-0.15, -0.1) is 0 Å². The van der Waals surface area contributed by atoms with E-state index in [1.54, 1.807) is 13.2 Å². The summed E-state index contributed by atoms with van der Waals surface area (Å²) >= 11 is 0. The second-order valence-corrected chi connectivity index (χ2v) is 7.53. The third-order valence-corrected chi connectivity index (χ3v) is 5.08. The molecule has 2 aromatic carbocycles. The summed E-state index contributed by atoms with van der Waals surface area (Å²) in [5.41, 5.74) is 9.82. The van der Waals surface area contributed by atoms with Crippen LogP contribution in [0, 0.1) is 10.8 Å². The molecule has 0 aliphatic carbocycles. The van der Waals surface area contributed by atoms with Crippen LogP contribution < -0.4 is 15.8 Å². The van der Waals surface area contributed by atoms with Gasteiger partial charge < -0.3 is 26.6 Å². The molecule has 7 nitrogen and oxygen atoms in total. The van der Waals surface area contributed by atoms with E-state index in [1.165, 1.54) is 6.21 Å². The Labute approximate surface area is 189 Å². The van der Waals surface area contributed by atoms with Gasteiger partial charge in [-0.3, -0.25) is 4.79 Å². The van der Waals surface area contributed by atoms with Gasteiger partial charge in [-0.1, -0.05) is 35.9 Å². The molecule has 0 heterocycles. The van der Waals surface area contributed by atoms with Crippen LogP contribution in [0.15, 0.2) is 64.7 Å². The Balaban J connectivity index is 2.12. The Hall–Kier alpha value is -3.58.